The molecule has 0 aromatic carbocycles. The summed E-state index contributed by atoms with van der Waals surface area (Å²) >= 11 is 0. The fourth-order valence-electron chi connectivity index (χ4n) is 1.86. The molecule has 1 N–H and O–H groups in total. The Kier molecular flexibility index (Phi) is 3.84. The SMILES string of the molecule is OC(CCCF)C1CCCC1. The number of alkyl halides is 1. The van der Waals surface area contributed by atoms with Crippen molar-refractivity contribution in [2.75, 3.05) is 6.67 Å². The highest BCUT2D eigenvalue weighted by molar-refractivity contribution is 4.74. The highest BCUT2D eigenvalue weighted by Gasteiger charge is 2.22. The summed E-state index contributed by atoms with van der Waals surface area (Å²) in [6.45, 7) is -0.288. The number of aliphatic hydroxyl groups is 1. The number of aliphatic hydroxyl groups excluding tert-OH is 1. The van der Waals surface area contributed by atoms with Crippen molar-refractivity contribution in [1.29, 1.82) is 0 Å². The number of hydrogen-bond donors (Lipinski definition) is 1. The summed E-state index contributed by atoms with van der Waals surface area (Å²) in [5, 5.41) is 9.51. The van der Waals surface area contributed by atoms with Gasteiger partial charge in [0.15, 0.2) is 0 Å². The van der Waals surface area contributed by atoms with E-state index in [0.29, 0.717) is 18.8 Å². The van der Waals surface area contributed by atoms with Crippen LogP contribution in [0.15, 0.2) is 0 Å². The minimum Gasteiger partial charge on any atom is -0.393 e. The first kappa shape index (κ1) is 8.98. The van der Waals surface area contributed by atoms with E-state index in [1.54, 1.807) is 0 Å². The molecule has 2 heteroatoms. The first-order valence-corrected chi connectivity index (χ1v) is 4.58. The lowest BCUT2D eigenvalue weighted by molar-refractivity contribution is 0.0975. The molecule has 0 bridgehead atoms. The zero-order valence-electron chi connectivity index (χ0n) is 6.93. The third-order valence-corrected chi connectivity index (χ3v) is 2.58. The van der Waals surface area contributed by atoms with E-state index in [1.165, 1.54) is 12.8 Å². The van der Waals surface area contributed by atoms with E-state index in [-0.39, 0.29) is 12.8 Å². The molecule has 0 heterocycles. The Morgan fingerprint density at radius 3 is 2.55 bits per heavy atom. The van der Waals surface area contributed by atoms with E-state index >= 15 is 0 Å². The maximum atomic E-state index is 11.7. The van der Waals surface area contributed by atoms with Crippen LogP contribution < -0.4 is 0 Å². The van der Waals surface area contributed by atoms with Crippen molar-refractivity contribution in [2.45, 2.75) is 44.6 Å². The van der Waals surface area contributed by atoms with Gasteiger partial charge in [-0.1, -0.05) is 12.8 Å². The Morgan fingerprint density at radius 1 is 1.36 bits per heavy atom. The van der Waals surface area contributed by atoms with Gasteiger partial charge in [-0.3, -0.25) is 4.39 Å². The van der Waals surface area contributed by atoms with E-state index in [4.69, 9.17) is 0 Å². The van der Waals surface area contributed by atoms with Gasteiger partial charge in [-0.05, 0) is 31.6 Å². The van der Waals surface area contributed by atoms with Crippen molar-refractivity contribution in [2.24, 2.45) is 5.92 Å². The van der Waals surface area contributed by atoms with Crippen LogP contribution in [0, 0.1) is 5.92 Å². The Balaban J connectivity index is 2.12. The van der Waals surface area contributed by atoms with Crippen LogP contribution in [0.1, 0.15) is 38.5 Å². The lowest BCUT2D eigenvalue weighted by atomic mass is 9.97. The van der Waals surface area contributed by atoms with Crippen LogP contribution in [0.5, 0.6) is 0 Å². The highest BCUT2D eigenvalue weighted by atomic mass is 19.1. The lowest BCUT2D eigenvalue weighted by Gasteiger charge is -2.16. The van der Waals surface area contributed by atoms with Gasteiger partial charge in [0.2, 0.25) is 0 Å². The van der Waals surface area contributed by atoms with E-state index < -0.39 is 0 Å². The molecule has 0 aliphatic heterocycles. The van der Waals surface area contributed by atoms with Crippen molar-refractivity contribution in [1.82, 2.24) is 0 Å². The molecule has 1 rings (SSSR count). The molecule has 0 aromatic heterocycles. The first-order chi connectivity index (χ1) is 5.34. The molecule has 1 unspecified atom stereocenters. The van der Waals surface area contributed by atoms with Crippen LogP contribution in [-0.2, 0) is 0 Å². The highest BCUT2D eigenvalue weighted by Crippen LogP contribution is 2.29. The van der Waals surface area contributed by atoms with E-state index in [0.717, 1.165) is 12.8 Å². The monoisotopic (exact) mass is 160 g/mol. The predicted molar refractivity (Wildman–Crippen MR) is 43.2 cm³/mol. The summed E-state index contributed by atoms with van der Waals surface area (Å²) in [6, 6.07) is 0. The number of hydrogen-bond acceptors (Lipinski definition) is 1. The van der Waals surface area contributed by atoms with E-state index in [9.17, 15) is 9.50 Å². The minimum atomic E-state index is -0.288. The van der Waals surface area contributed by atoms with Gasteiger partial charge >= 0.3 is 0 Å². The molecule has 1 aliphatic carbocycles. The van der Waals surface area contributed by atoms with Crippen molar-refractivity contribution in [3.05, 3.63) is 0 Å². The summed E-state index contributed by atoms with van der Waals surface area (Å²) in [6.07, 6.45) is 5.74. The smallest absolute Gasteiger partial charge is 0.0895 e. The minimum absolute atomic E-state index is 0.228. The Morgan fingerprint density at radius 2 is 2.00 bits per heavy atom. The Bertz CT molecular complexity index is 99.7. The summed E-state index contributed by atoms with van der Waals surface area (Å²) in [5.74, 6) is 0.474. The molecule has 0 radical (unpaired) electrons. The Hall–Kier alpha value is -0.110. The predicted octanol–water partition coefficient (Wildman–Crippen LogP) is 2.29. The second-order valence-electron chi connectivity index (χ2n) is 3.44. The summed E-state index contributed by atoms with van der Waals surface area (Å²) < 4.78 is 11.7. The van der Waals surface area contributed by atoms with Gasteiger partial charge in [-0.15, -0.1) is 0 Å². The summed E-state index contributed by atoms with van der Waals surface area (Å²) in [7, 11) is 0. The van der Waals surface area contributed by atoms with Gasteiger partial charge in [-0.25, -0.2) is 0 Å². The molecule has 1 fully saturated rings. The third-order valence-electron chi connectivity index (χ3n) is 2.58. The molecule has 1 aliphatic rings. The van der Waals surface area contributed by atoms with Crippen molar-refractivity contribution < 1.29 is 9.50 Å². The molecule has 0 aromatic rings. The fourth-order valence-corrected chi connectivity index (χ4v) is 1.86. The molecule has 66 valence electrons. The quantitative estimate of drug-likeness (QED) is 0.669. The van der Waals surface area contributed by atoms with Crippen LogP contribution in [0.25, 0.3) is 0 Å². The van der Waals surface area contributed by atoms with Crippen molar-refractivity contribution in [3.63, 3.8) is 0 Å². The molecule has 0 amide bonds. The maximum Gasteiger partial charge on any atom is 0.0895 e. The van der Waals surface area contributed by atoms with Crippen LogP contribution in [0.2, 0.25) is 0 Å². The summed E-state index contributed by atoms with van der Waals surface area (Å²) in [5.41, 5.74) is 0. The lowest BCUT2D eigenvalue weighted by Crippen LogP contribution is -2.17. The normalized spacial score (nSPS) is 22.4. The number of rotatable bonds is 4. The topological polar surface area (TPSA) is 20.2 Å². The molecule has 1 atom stereocenters. The molecule has 11 heavy (non-hydrogen) atoms. The molecule has 0 saturated heterocycles. The fraction of sp³-hybridized carbons (Fsp3) is 1.00. The van der Waals surface area contributed by atoms with Gasteiger partial charge in [0.25, 0.3) is 0 Å². The van der Waals surface area contributed by atoms with Gasteiger partial charge < -0.3 is 5.11 Å². The van der Waals surface area contributed by atoms with Crippen LogP contribution >= 0.6 is 0 Å². The average Bonchev–Trinajstić information content (AvgIpc) is 2.52. The zero-order chi connectivity index (χ0) is 8.10. The summed E-state index contributed by atoms with van der Waals surface area (Å²) in [4.78, 5) is 0. The molecule has 1 saturated carbocycles. The van der Waals surface area contributed by atoms with Gasteiger partial charge in [0.1, 0.15) is 0 Å². The molecular formula is C9H17FO. The zero-order valence-corrected chi connectivity index (χ0v) is 6.93. The van der Waals surface area contributed by atoms with Gasteiger partial charge in [0.05, 0.1) is 12.8 Å². The second-order valence-corrected chi connectivity index (χ2v) is 3.44. The molecule has 1 nitrogen and oxygen atoms in total. The molecule has 0 spiro atoms. The van der Waals surface area contributed by atoms with Crippen molar-refractivity contribution in [3.8, 4) is 0 Å². The van der Waals surface area contributed by atoms with Crippen LogP contribution in [0.3, 0.4) is 0 Å². The van der Waals surface area contributed by atoms with Gasteiger partial charge in [0, 0.05) is 0 Å². The maximum absolute atomic E-state index is 11.7. The largest absolute Gasteiger partial charge is 0.393 e. The number of halogens is 1. The van der Waals surface area contributed by atoms with Crippen LogP contribution in [0.4, 0.5) is 4.39 Å². The van der Waals surface area contributed by atoms with E-state index in [2.05, 4.69) is 0 Å². The molecular weight excluding hydrogens is 143 g/mol. The van der Waals surface area contributed by atoms with Crippen LogP contribution in [-0.4, -0.2) is 17.9 Å². The van der Waals surface area contributed by atoms with Crippen molar-refractivity contribution >= 4 is 0 Å². The Labute approximate surface area is 67.6 Å². The first-order valence-electron chi connectivity index (χ1n) is 4.58. The standard InChI is InChI=1S/C9H17FO/c10-7-3-6-9(11)8-4-1-2-5-8/h8-9,11H,1-7H2. The van der Waals surface area contributed by atoms with Gasteiger partial charge in [-0.2, -0.15) is 0 Å². The second kappa shape index (κ2) is 4.70. The average molecular weight is 160 g/mol. The van der Waals surface area contributed by atoms with E-state index in [1.807, 2.05) is 0 Å². The third kappa shape index (κ3) is 2.78.